The van der Waals surface area contributed by atoms with Gasteiger partial charge in [-0.25, -0.2) is 0 Å². The summed E-state index contributed by atoms with van der Waals surface area (Å²) in [5.41, 5.74) is 18.2. The summed E-state index contributed by atoms with van der Waals surface area (Å²) in [6, 6.07) is 77.6. The van der Waals surface area contributed by atoms with Gasteiger partial charge in [0.2, 0.25) is 0 Å². The SMILES string of the molecule is CC1(C)c2ccccc2-c2ccc(N(c3cccc(-c4cccc(-c5cccc6ccccc56)c4)c3)c3ccccc3-c3ccccc3-c3ccccc3)cc21. The van der Waals surface area contributed by atoms with Crippen LogP contribution >= 0.6 is 0 Å². The lowest BCUT2D eigenvalue weighted by Gasteiger charge is -2.30. The number of rotatable bonds is 7. The van der Waals surface area contributed by atoms with E-state index in [1.54, 1.807) is 0 Å². The van der Waals surface area contributed by atoms with Crippen molar-refractivity contribution in [2.45, 2.75) is 19.3 Å². The van der Waals surface area contributed by atoms with Crippen molar-refractivity contribution in [2.24, 2.45) is 0 Å². The molecule has 0 bridgehead atoms. The van der Waals surface area contributed by atoms with E-state index in [1.165, 1.54) is 77.5 Å². The molecule has 0 aliphatic heterocycles. The van der Waals surface area contributed by atoms with Crippen LogP contribution in [0, 0.1) is 0 Å². The molecule has 0 unspecified atom stereocenters. The van der Waals surface area contributed by atoms with Crippen LogP contribution in [0.4, 0.5) is 17.1 Å². The van der Waals surface area contributed by atoms with Gasteiger partial charge in [-0.3, -0.25) is 0 Å². The van der Waals surface area contributed by atoms with Crippen molar-refractivity contribution in [3.8, 4) is 55.6 Å². The number of nitrogens with zero attached hydrogens (tertiary/aromatic N) is 1. The average molecular weight is 716 g/mol. The minimum absolute atomic E-state index is 0.128. The fourth-order valence-electron chi connectivity index (χ4n) is 8.91. The van der Waals surface area contributed by atoms with Crippen LogP contribution in [0.15, 0.2) is 212 Å². The molecule has 56 heavy (non-hydrogen) atoms. The highest BCUT2D eigenvalue weighted by Gasteiger charge is 2.36. The Morgan fingerprint density at radius 2 is 0.875 bits per heavy atom. The van der Waals surface area contributed by atoms with Gasteiger partial charge in [-0.1, -0.05) is 190 Å². The second-order valence-corrected chi connectivity index (χ2v) is 15.3. The Hall–Kier alpha value is -6.96. The molecule has 266 valence electrons. The summed E-state index contributed by atoms with van der Waals surface area (Å²) in [7, 11) is 0. The maximum absolute atomic E-state index is 2.47. The van der Waals surface area contributed by atoms with E-state index >= 15 is 0 Å². The lowest BCUT2D eigenvalue weighted by atomic mass is 9.82. The molecule has 9 aromatic rings. The molecule has 0 saturated heterocycles. The van der Waals surface area contributed by atoms with E-state index in [1.807, 2.05) is 0 Å². The maximum Gasteiger partial charge on any atom is 0.0540 e. The predicted molar refractivity (Wildman–Crippen MR) is 238 cm³/mol. The number of hydrogen-bond acceptors (Lipinski definition) is 1. The molecule has 1 aliphatic carbocycles. The molecular formula is C55H41N. The van der Waals surface area contributed by atoms with Gasteiger partial charge in [0.05, 0.1) is 5.69 Å². The van der Waals surface area contributed by atoms with E-state index in [0.29, 0.717) is 0 Å². The van der Waals surface area contributed by atoms with Crippen molar-refractivity contribution in [1.82, 2.24) is 0 Å². The zero-order chi connectivity index (χ0) is 37.6. The largest absolute Gasteiger partial charge is 0.310 e. The van der Waals surface area contributed by atoms with Gasteiger partial charge in [-0.05, 0) is 108 Å². The molecule has 0 atom stereocenters. The van der Waals surface area contributed by atoms with E-state index < -0.39 is 0 Å². The molecule has 1 aliphatic rings. The summed E-state index contributed by atoms with van der Waals surface area (Å²) >= 11 is 0. The molecule has 1 heteroatoms. The zero-order valence-electron chi connectivity index (χ0n) is 31.7. The van der Waals surface area contributed by atoms with Crippen molar-refractivity contribution in [2.75, 3.05) is 4.90 Å². The number of anilines is 3. The molecule has 0 aromatic heterocycles. The number of para-hydroxylation sites is 1. The minimum atomic E-state index is -0.128. The fourth-order valence-corrected chi connectivity index (χ4v) is 8.91. The summed E-state index contributed by atoms with van der Waals surface area (Å²) in [4.78, 5) is 2.47. The van der Waals surface area contributed by atoms with E-state index in [4.69, 9.17) is 0 Å². The lowest BCUT2D eigenvalue weighted by molar-refractivity contribution is 0.660. The summed E-state index contributed by atoms with van der Waals surface area (Å²) in [5, 5.41) is 2.52. The molecule has 0 heterocycles. The fraction of sp³-hybridized carbons (Fsp3) is 0.0545. The first-order chi connectivity index (χ1) is 27.5. The van der Waals surface area contributed by atoms with Crippen LogP contribution < -0.4 is 4.90 Å². The highest BCUT2D eigenvalue weighted by atomic mass is 15.1. The Morgan fingerprint density at radius 3 is 1.73 bits per heavy atom. The first kappa shape index (κ1) is 33.6. The summed E-state index contributed by atoms with van der Waals surface area (Å²) in [5.74, 6) is 0. The summed E-state index contributed by atoms with van der Waals surface area (Å²) in [6.07, 6.45) is 0. The maximum atomic E-state index is 2.47. The molecule has 10 rings (SSSR count). The van der Waals surface area contributed by atoms with Crippen molar-refractivity contribution in [1.29, 1.82) is 0 Å². The summed E-state index contributed by atoms with van der Waals surface area (Å²) in [6.45, 7) is 4.72. The van der Waals surface area contributed by atoms with E-state index in [9.17, 15) is 0 Å². The first-order valence-electron chi connectivity index (χ1n) is 19.5. The Bertz CT molecular complexity index is 2890. The molecule has 9 aromatic carbocycles. The van der Waals surface area contributed by atoms with Crippen molar-refractivity contribution >= 4 is 27.8 Å². The smallest absolute Gasteiger partial charge is 0.0540 e. The van der Waals surface area contributed by atoms with Gasteiger partial charge in [-0.2, -0.15) is 0 Å². The average Bonchev–Trinajstić information content (AvgIpc) is 3.49. The first-order valence-corrected chi connectivity index (χ1v) is 19.5. The second kappa shape index (κ2) is 13.7. The van der Waals surface area contributed by atoms with Crippen LogP contribution in [0.3, 0.4) is 0 Å². The molecule has 0 N–H and O–H groups in total. The van der Waals surface area contributed by atoms with Gasteiger partial charge in [0, 0.05) is 22.4 Å². The van der Waals surface area contributed by atoms with Gasteiger partial charge in [0.25, 0.3) is 0 Å². The van der Waals surface area contributed by atoms with Crippen LogP contribution in [0.2, 0.25) is 0 Å². The highest BCUT2D eigenvalue weighted by Crippen LogP contribution is 2.51. The quantitative estimate of drug-likeness (QED) is 0.159. The van der Waals surface area contributed by atoms with Gasteiger partial charge < -0.3 is 4.90 Å². The van der Waals surface area contributed by atoms with Gasteiger partial charge in [0.1, 0.15) is 0 Å². The molecule has 0 fully saturated rings. The van der Waals surface area contributed by atoms with Crippen molar-refractivity contribution in [3.05, 3.63) is 223 Å². The number of hydrogen-bond donors (Lipinski definition) is 0. The van der Waals surface area contributed by atoms with Gasteiger partial charge in [0.15, 0.2) is 0 Å². The summed E-state index contributed by atoms with van der Waals surface area (Å²) < 4.78 is 0. The third-order valence-corrected chi connectivity index (χ3v) is 11.7. The minimum Gasteiger partial charge on any atom is -0.310 e. The third-order valence-electron chi connectivity index (χ3n) is 11.7. The predicted octanol–water partition coefficient (Wildman–Crippen LogP) is 15.3. The Kier molecular flexibility index (Phi) is 8.23. The van der Waals surface area contributed by atoms with Crippen LogP contribution in [0.5, 0.6) is 0 Å². The molecule has 1 nitrogen and oxygen atoms in total. The highest BCUT2D eigenvalue weighted by molar-refractivity contribution is 5.98. The van der Waals surface area contributed by atoms with Crippen LogP contribution in [-0.4, -0.2) is 0 Å². The van der Waals surface area contributed by atoms with Crippen molar-refractivity contribution < 1.29 is 0 Å². The van der Waals surface area contributed by atoms with E-state index in [2.05, 4.69) is 231 Å². The molecule has 0 amide bonds. The van der Waals surface area contributed by atoms with Gasteiger partial charge >= 0.3 is 0 Å². The van der Waals surface area contributed by atoms with Crippen LogP contribution in [0.1, 0.15) is 25.0 Å². The van der Waals surface area contributed by atoms with E-state index in [0.717, 1.165) is 17.1 Å². The Morgan fingerprint density at radius 1 is 0.321 bits per heavy atom. The number of fused-ring (bicyclic) bond motifs is 4. The lowest BCUT2D eigenvalue weighted by Crippen LogP contribution is -2.17. The molecule has 0 spiro atoms. The van der Waals surface area contributed by atoms with Crippen LogP contribution in [-0.2, 0) is 5.41 Å². The molecule has 0 radical (unpaired) electrons. The third kappa shape index (κ3) is 5.72. The molecular weight excluding hydrogens is 675 g/mol. The zero-order valence-corrected chi connectivity index (χ0v) is 31.7. The van der Waals surface area contributed by atoms with Crippen LogP contribution in [0.25, 0.3) is 66.4 Å². The Labute approximate surface area is 329 Å². The van der Waals surface area contributed by atoms with Gasteiger partial charge in [-0.15, -0.1) is 0 Å². The van der Waals surface area contributed by atoms with E-state index in [-0.39, 0.29) is 5.41 Å². The monoisotopic (exact) mass is 715 g/mol. The topological polar surface area (TPSA) is 3.24 Å². The molecule has 0 saturated carbocycles. The second-order valence-electron chi connectivity index (χ2n) is 15.3. The Balaban J connectivity index is 1.16. The normalized spacial score (nSPS) is 12.6. The standard InChI is InChI=1S/C55H41N/c1-55(2)52-31-12-10-28-49(52)50-34-33-44(37-53(50)55)56(54-32-13-11-29-51(54)48-27-9-8-26-46(48)38-17-4-3-5-18-38)43-24-15-22-41(36-43)40-21-14-23-42(35-40)47-30-16-20-39-19-6-7-25-45(39)47/h3-37H,1-2H3. The number of benzene rings is 9. The van der Waals surface area contributed by atoms with Crippen molar-refractivity contribution in [3.63, 3.8) is 0 Å².